The van der Waals surface area contributed by atoms with E-state index in [0.717, 1.165) is 18.8 Å². The van der Waals surface area contributed by atoms with Crippen LogP contribution in [0, 0.1) is 0 Å². The Morgan fingerprint density at radius 2 is 2.00 bits per heavy atom. The largest absolute Gasteiger partial charge is 0.462 e. The van der Waals surface area contributed by atoms with Crippen LogP contribution in [0.1, 0.15) is 31.1 Å². The van der Waals surface area contributed by atoms with Crippen molar-refractivity contribution < 1.29 is 9.53 Å². The first-order valence-electron chi connectivity index (χ1n) is 5.60. The van der Waals surface area contributed by atoms with Crippen molar-refractivity contribution in [2.24, 2.45) is 0 Å². The fourth-order valence-corrected chi connectivity index (χ4v) is 1.52. The Hall–Kier alpha value is -1.58. The number of anilines is 1. The number of rotatable bonds is 5. The number of aromatic nitrogens is 1. The Morgan fingerprint density at radius 3 is 2.56 bits per heavy atom. The van der Waals surface area contributed by atoms with Gasteiger partial charge in [-0.1, -0.05) is 0 Å². The minimum absolute atomic E-state index is 0.316. The van der Waals surface area contributed by atoms with Crippen molar-refractivity contribution >= 4 is 11.7 Å². The maximum Gasteiger partial charge on any atom is 0.339 e. The van der Waals surface area contributed by atoms with Crippen LogP contribution in [0.5, 0.6) is 0 Å². The molecule has 1 aromatic rings. The van der Waals surface area contributed by atoms with Gasteiger partial charge in [-0.2, -0.15) is 0 Å². The Morgan fingerprint density at radius 1 is 1.31 bits per heavy atom. The van der Waals surface area contributed by atoms with E-state index in [0.29, 0.717) is 12.2 Å². The van der Waals surface area contributed by atoms with E-state index in [1.54, 1.807) is 13.1 Å². The van der Waals surface area contributed by atoms with Gasteiger partial charge in [0.05, 0.1) is 24.1 Å². The molecule has 0 N–H and O–H groups in total. The molecule has 16 heavy (non-hydrogen) atoms. The van der Waals surface area contributed by atoms with Gasteiger partial charge in [0.2, 0.25) is 0 Å². The lowest BCUT2D eigenvalue weighted by Gasteiger charge is -2.20. The predicted octanol–water partition coefficient (Wildman–Crippen LogP) is 2.10. The molecule has 0 radical (unpaired) electrons. The van der Waals surface area contributed by atoms with Crippen molar-refractivity contribution in [2.75, 3.05) is 24.6 Å². The molecule has 0 amide bonds. The third-order valence-electron chi connectivity index (χ3n) is 2.36. The lowest BCUT2D eigenvalue weighted by Crippen LogP contribution is -2.22. The number of nitrogens with zero attached hydrogens (tertiary/aromatic N) is 2. The highest BCUT2D eigenvalue weighted by atomic mass is 16.5. The summed E-state index contributed by atoms with van der Waals surface area (Å²) in [6.07, 6.45) is 3.29. The van der Waals surface area contributed by atoms with Crippen LogP contribution >= 0.6 is 0 Å². The third-order valence-corrected chi connectivity index (χ3v) is 2.36. The van der Waals surface area contributed by atoms with E-state index in [1.807, 2.05) is 6.07 Å². The van der Waals surface area contributed by atoms with E-state index < -0.39 is 0 Å². The molecular weight excluding hydrogens is 204 g/mol. The molecule has 0 saturated carbocycles. The van der Waals surface area contributed by atoms with Gasteiger partial charge in [-0.15, -0.1) is 0 Å². The summed E-state index contributed by atoms with van der Waals surface area (Å²) < 4.78 is 4.93. The summed E-state index contributed by atoms with van der Waals surface area (Å²) in [5.41, 5.74) is 1.46. The van der Waals surface area contributed by atoms with Crippen LogP contribution in [-0.4, -0.2) is 30.6 Å². The summed E-state index contributed by atoms with van der Waals surface area (Å²) >= 11 is 0. The number of esters is 1. The van der Waals surface area contributed by atoms with Crippen molar-refractivity contribution in [3.05, 3.63) is 24.0 Å². The molecule has 0 saturated heterocycles. The number of carbonyl (C=O) groups is 1. The highest BCUT2D eigenvalue weighted by molar-refractivity contribution is 5.90. The maximum absolute atomic E-state index is 11.5. The number of ether oxygens (including phenoxy) is 1. The van der Waals surface area contributed by atoms with Gasteiger partial charge >= 0.3 is 5.97 Å². The smallest absolute Gasteiger partial charge is 0.339 e. The molecule has 0 unspecified atom stereocenters. The molecule has 88 valence electrons. The van der Waals surface area contributed by atoms with Crippen molar-refractivity contribution in [1.82, 2.24) is 4.98 Å². The fraction of sp³-hybridized carbons (Fsp3) is 0.500. The van der Waals surface area contributed by atoms with Gasteiger partial charge in [-0.3, -0.25) is 4.98 Å². The van der Waals surface area contributed by atoms with Gasteiger partial charge in [0.15, 0.2) is 0 Å². The van der Waals surface area contributed by atoms with Crippen LogP contribution in [0.4, 0.5) is 5.69 Å². The van der Waals surface area contributed by atoms with E-state index in [2.05, 4.69) is 23.7 Å². The van der Waals surface area contributed by atoms with Crippen LogP contribution in [0.2, 0.25) is 0 Å². The topological polar surface area (TPSA) is 42.4 Å². The zero-order valence-corrected chi connectivity index (χ0v) is 10.1. The zero-order valence-electron chi connectivity index (χ0n) is 10.1. The summed E-state index contributed by atoms with van der Waals surface area (Å²) in [7, 11) is 0. The Kier molecular flexibility index (Phi) is 4.76. The molecule has 1 rings (SSSR count). The number of hydrogen-bond donors (Lipinski definition) is 0. The van der Waals surface area contributed by atoms with Crippen LogP contribution in [0.15, 0.2) is 18.5 Å². The minimum atomic E-state index is -0.316. The first-order valence-corrected chi connectivity index (χ1v) is 5.60. The molecule has 0 atom stereocenters. The van der Waals surface area contributed by atoms with E-state index in [4.69, 9.17) is 4.74 Å². The summed E-state index contributed by atoms with van der Waals surface area (Å²) in [6, 6.07) is 1.82. The second-order valence-electron chi connectivity index (χ2n) is 3.32. The first kappa shape index (κ1) is 12.5. The molecule has 4 heteroatoms. The molecular formula is C12H18N2O2. The van der Waals surface area contributed by atoms with Crippen LogP contribution in [-0.2, 0) is 4.74 Å². The Bertz CT molecular complexity index is 349. The average molecular weight is 222 g/mol. The molecule has 1 aromatic heterocycles. The van der Waals surface area contributed by atoms with Crippen molar-refractivity contribution in [1.29, 1.82) is 0 Å². The number of pyridine rings is 1. The average Bonchev–Trinajstić information content (AvgIpc) is 2.31. The highest BCUT2D eigenvalue weighted by Gasteiger charge is 2.09. The SMILES string of the molecule is CCOC(=O)c1cncc(N(CC)CC)c1. The lowest BCUT2D eigenvalue weighted by atomic mass is 10.2. The van der Waals surface area contributed by atoms with Gasteiger partial charge in [0, 0.05) is 19.3 Å². The van der Waals surface area contributed by atoms with Crippen LogP contribution in [0.25, 0.3) is 0 Å². The third kappa shape index (κ3) is 2.95. The fourth-order valence-electron chi connectivity index (χ4n) is 1.52. The normalized spacial score (nSPS) is 9.94. The van der Waals surface area contributed by atoms with E-state index in [1.165, 1.54) is 6.20 Å². The predicted molar refractivity (Wildman–Crippen MR) is 63.8 cm³/mol. The molecule has 0 aliphatic heterocycles. The summed E-state index contributed by atoms with van der Waals surface area (Å²) in [5.74, 6) is -0.316. The summed E-state index contributed by atoms with van der Waals surface area (Å²) in [6.45, 7) is 8.10. The van der Waals surface area contributed by atoms with Crippen molar-refractivity contribution in [2.45, 2.75) is 20.8 Å². The van der Waals surface area contributed by atoms with Gasteiger partial charge < -0.3 is 9.64 Å². The standard InChI is InChI=1S/C12H18N2O2/c1-4-14(5-2)11-7-10(8-13-9-11)12(15)16-6-3/h7-9H,4-6H2,1-3H3. The number of carbonyl (C=O) groups excluding carboxylic acids is 1. The van der Waals surface area contributed by atoms with Crippen molar-refractivity contribution in [3.63, 3.8) is 0 Å². The van der Waals surface area contributed by atoms with Crippen LogP contribution < -0.4 is 4.90 Å². The molecule has 0 aromatic carbocycles. The summed E-state index contributed by atoms with van der Waals surface area (Å²) in [5, 5.41) is 0. The van der Waals surface area contributed by atoms with E-state index in [9.17, 15) is 4.79 Å². The highest BCUT2D eigenvalue weighted by Crippen LogP contribution is 2.14. The van der Waals surface area contributed by atoms with Gasteiger partial charge in [0.25, 0.3) is 0 Å². The quantitative estimate of drug-likeness (QED) is 0.715. The van der Waals surface area contributed by atoms with Crippen molar-refractivity contribution in [3.8, 4) is 0 Å². The molecule has 0 aliphatic rings. The second kappa shape index (κ2) is 6.10. The molecule has 1 heterocycles. The monoisotopic (exact) mass is 222 g/mol. The lowest BCUT2D eigenvalue weighted by molar-refractivity contribution is 0.0526. The van der Waals surface area contributed by atoms with E-state index in [-0.39, 0.29) is 5.97 Å². The van der Waals surface area contributed by atoms with Crippen LogP contribution in [0.3, 0.4) is 0 Å². The van der Waals surface area contributed by atoms with Gasteiger partial charge in [-0.05, 0) is 26.8 Å². The van der Waals surface area contributed by atoms with Gasteiger partial charge in [-0.25, -0.2) is 4.79 Å². The molecule has 0 fully saturated rings. The zero-order chi connectivity index (χ0) is 12.0. The molecule has 0 spiro atoms. The minimum Gasteiger partial charge on any atom is -0.462 e. The Balaban J connectivity index is 2.89. The Labute approximate surface area is 96.2 Å². The number of hydrogen-bond acceptors (Lipinski definition) is 4. The first-order chi connectivity index (χ1) is 7.72. The molecule has 0 bridgehead atoms. The van der Waals surface area contributed by atoms with E-state index >= 15 is 0 Å². The molecule has 0 aliphatic carbocycles. The van der Waals surface area contributed by atoms with Gasteiger partial charge in [0.1, 0.15) is 0 Å². The summed E-state index contributed by atoms with van der Waals surface area (Å²) in [4.78, 5) is 17.7. The molecule has 4 nitrogen and oxygen atoms in total. The maximum atomic E-state index is 11.5. The second-order valence-corrected chi connectivity index (χ2v) is 3.32.